The van der Waals surface area contributed by atoms with E-state index in [4.69, 9.17) is 0 Å². The lowest BCUT2D eigenvalue weighted by Gasteiger charge is -2.34. The Morgan fingerprint density at radius 3 is 2.93 bits per heavy atom. The van der Waals surface area contributed by atoms with E-state index < -0.39 is 0 Å². The first-order valence-corrected chi connectivity index (χ1v) is 6.03. The van der Waals surface area contributed by atoms with Crippen molar-refractivity contribution in [1.29, 1.82) is 0 Å². The number of likely N-dealkylation sites (N-methyl/N-ethyl adjacent to an activating group) is 1. The summed E-state index contributed by atoms with van der Waals surface area (Å²) in [5.41, 5.74) is 0. The molecule has 2 rings (SSSR count). The standard InChI is InChI=1S/C11H21N3O/c1-2-14-7-6-13(9-11(14)15)8-10-4-3-5-12-10/h10,12H,2-9H2,1H3. The van der Waals surface area contributed by atoms with Crippen LogP contribution in [0.15, 0.2) is 0 Å². The molecule has 1 unspecified atom stereocenters. The van der Waals surface area contributed by atoms with E-state index in [9.17, 15) is 4.79 Å². The minimum absolute atomic E-state index is 0.293. The van der Waals surface area contributed by atoms with Crippen LogP contribution in [0.4, 0.5) is 0 Å². The molecule has 2 aliphatic heterocycles. The van der Waals surface area contributed by atoms with Gasteiger partial charge in [0.25, 0.3) is 0 Å². The zero-order valence-electron chi connectivity index (χ0n) is 9.54. The van der Waals surface area contributed by atoms with Crippen LogP contribution in [-0.4, -0.2) is 61.0 Å². The second-order valence-electron chi connectivity index (χ2n) is 4.50. The lowest BCUT2D eigenvalue weighted by molar-refractivity contribution is -0.135. The number of hydrogen-bond acceptors (Lipinski definition) is 3. The minimum atomic E-state index is 0.293. The lowest BCUT2D eigenvalue weighted by atomic mass is 10.2. The fourth-order valence-corrected chi connectivity index (χ4v) is 2.47. The third-order valence-corrected chi connectivity index (χ3v) is 3.42. The molecule has 0 spiro atoms. The number of nitrogens with one attached hydrogen (secondary N) is 1. The predicted molar refractivity (Wildman–Crippen MR) is 59.7 cm³/mol. The molecular weight excluding hydrogens is 190 g/mol. The van der Waals surface area contributed by atoms with E-state index in [-0.39, 0.29) is 0 Å². The summed E-state index contributed by atoms with van der Waals surface area (Å²) in [4.78, 5) is 15.9. The van der Waals surface area contributed by atoms with Gasteiger partial charge < -0.3 is 10.2 Å². The van der Waals surface area contributed by atoms with Crippen molar-refractivity contribution in [3.8, 4) is 0 Å². The van der Waals surface area contributed by atoms with Crippen molar-refractivity contribution in [2.75, 3.05) is 39.3 Å². The molecule has 2 saturated heterocycles. The first-order valence-electron chi connectivity index (χ1n) is 6.03. The van der Waals surface area contributed by atoms with Gasteiger partial charge in [0.05, 0.1) is 6.54 Å². The van der Waals surface area contributed by atoms with E-state index in [1.807, 2.05) is 11.8 Å². The van der Waals surface area contributed by atoms with E-state index >= 15 is 0 Å². The number of carbonyl (C=O) groups is 1. The van der Waals surface area contributed by atoms with Crippen LogP contribution in [0, 0.1) is 0 Å². The zero-order chi connectivity index (χ0) is 10.7. The maximum absolute atomic E-state index is 11.7. The van der Waals surface area contributed by atoms with Crippen molar-refractivity contribution >= 4 is 5.91 Å². The molecule has 0 radical (unpaired) electrons. The van der Waals surface area contributed by atoms with Crippen LogP contribution >= 0.6 is 0 Å². The molecule has 0 aromatic rings. The van der Waals surface area contributed by atoms with Crippen LogP contribution in [0.2, 0.25) is 0 Å². The van der Waals surface area contributed by atoms with E-state index in [1.165, 1.54) is 12.8 Å². The Morgan fingerprint density at radius 1 is 1.47 bits per heavy atom. The molecule has 2 aliphatic rings. The van der Waals surface area contributed by atoms with Crippen molar-refractivity contribution in [3.05, 3.63) is 0 Å². The molecule has 2 fully saturated rings. The quantitative estimate of drug-likeness (QED) is 0.708. The van der Waals surface area contributed by atoms with Gasteiger partial charge in [-0.2, -0.15) is 0 Å². The Bertz CT molecular complexity index is 226. The smallest absolute Gasteiger partial charge is 0.236 e. The van der Waals surface area contributed by atoms with Crippen molar-refractivity contribution in [2.45, 2.75) is 25.8 Å². The molecule has 4 heteroatoms. The molecule has 1 N–H and O–H groups in total. The summed E-state index contributed by atoms with van der Waals surface area (Å²) >= 11 is 0. The van der Waals surface area contributed by atoms with Gasteiger partial charge in [0.1, 0.15) is 0 Å². The van der Waals surface area contributed by atoms with Gasteiger partial charge in [0, 0.05) is 32.2 Å². The van der Waals surface area contributed by atoms with Crippen molar-refractivity contribution in [2.24, 2.45) is 0 Å². The van der Waals surface area contributed by atoms with Gasteiger partial charge in [-0.15, -0.1) is 0 Å². The van der Waals surface area contributed by atoms with Gasteiger partial charge in [-0.25, -0.2) is 0 Å². The number of nitrogens with zero attached hydrogens (tertiary/aromatic N) is 2. The lowest BCUT2D eigenvalue weighted by Crippen LogP contribution is -2.52. The van der Waals surface area contributed by atoms with Gasteiger partial charge in [0.2, 0.25) is 5.91 Å². The Labute approximate surface area is 91.6 Å². The van der Waals surface area contributed by atoms with Crippen LogP contribution in [0.3, 0.4) is 0 Å². The first-order chi connectivity index (χ1) is 7.29. The molecule has 0 saturated carbocycles. The van der Waals surface area contributed by atoms with Gasteiger partial charge >= 0.3 is 0 Å². The molecule has 1 amide bonds. The van der Waals surface area contributed by atoms with Crippen molar-refractivity contribution in [3.63, 3.8) is 0 Å². The topological polar surface area (TPSA) is 35.6 Å². The first kappa shape index (κ1) is 10.9. The van der Waals surface area contributed by atoms with Gasteiger partial charge in [-0.05, 0) is 26.3 Å². The van der Waals surface area contributed by atoms with Gasteiger partial charge in [0.15, 0.2) is 0 Å². The molecule has 2 heterocycles. The normalized spacial score (nSPS) is 28.7. The van der Waals surface area contributed by atoms with E-state index in [0.29, 0.717) is 18.5 Å². The van der Waals surface area contributed by atoms with E-state index in [0.717, 1.165) is 32.7 Å². The Balaban J connectivity index is 1.77. The number of hydrogen-bond donors (Lipinski definition) is 1. The summed E-state index contributed by atoms with van der Waals surface area (Å²) in [5.74, 6) is 0.293. The summed E-state index contributed by atoms with van der Waals surface area (Å²) in [7, 11) is 0. The largest absolute Gasteiger partial charge is 0.341 e. The minimum Gasteiger partial charge on any atom is -0.341 e. The van der Waals surface area contributed by atoms with Gasteiger partial charge in [-0.1, -0.05) is 0 Å². The Hall–Kier alpha value is -0.610. The molecule has 15 heavy (non-hydrogen) atoms. The second-order valence-corrected chi connectivity index (χ2v) is 4.50. The summed E-state index contributed by atoms with van der Waals surface area (Å²) in [6, 6.07) is 0.617. The van der Waals surface area contributed by atoms with Crippen LogP contribution in [0.25, 0.3) is 0 Å². The second kappa shape index (κ2) is 4.94. The maximum Gasteiger partial charge on any atom is 0.236 e. The molecule has 0 aromatic carbocycles. The maximum atomic E-state index is 11.7. The summed E-state index contributed by atoms with van der Waals surface area (Å²) in [6.45, 7) is 7.66. The molecule has 86 valence electrons. The van der Waals surface area contributed by atoms with Crippen molar-refractivity contribution < 1.29 is 4.79 Å². The predicted octanol–water partition coefficient (Wildman–Crippen LogP) is -0.0975. The van der Waals surface area contributed by atoms with Crippen LogP contribution in [-0.2, 0) is 4.79 Å². The van der Waals surface area contributed by atoms with Crippen molar-refractivity contribution in [1.82, 2.24) is 15.1 Å². The summed E-state index contributed by atoms with van der Waals surface area (Å²) in [6.07, 6.45) is 2.55. The van der Waals surface area contributed by atoms with E-state index in [2.05, 4.69) is 10.2 Å². The zero-order valence-corrected chi connectivity index (χ0v) is 9.54. The average molecular weight is 211 g/mol. The number of carbonyl (C=O) groups excluding carboxylic acids is 1. The van der Waals surface area contributed by atoms with E-state index in [1.54, 1.807) is 0 Å². The summed E-state index contributed by atoms with van der Waals surface area (Å²) in [5, 5.41) is 3.48. The molecular formula is C11H21N3O. The molecule has 0 aliphatic carbocycles. The number of rotatable bonds is 3. The average Bonchev–Trinajstić information content (AvgIpc) is 2.71. The fraction of sp³-hybridized carbons (Fsp3) is 0.909. The number of amides is 1. The third-order valence-electron chi connectivity index (χ3n) is 3.42. The van der Waals surface area contributed by atoms with Crippen LogP contribution in [0.1, 0.15) is 19.8 Å². The molecule has 4 nitrogen and oxygen atoms in total. The highest BCUT2D eigenvalue weighted by Crippen LogP contribution is 2.09. The third kappa shape index (κ3) is 2.69. The Kier molecular flexibility index (Phi) is 3.59. The fourth-order valence-electron chi connectivity index (χ4n) is 2.47. The Morgan fingerprint density at radius 2 is 2.33 bits per heavy atom. The highest BCUT2D eigenvalue weighted by atomic mass is 16.2. The van der Waals surface area contributed by atoms with Crippen LogP contribution in [0.5, 0.6) is 0 Å². The number of piperazine rings is 1. The SMILES string of the molecule is CCN1CCN(CC2CCCN2)CC1=O. The molecule has 0 bridgehead atoms. The van der Waals surface area contributed by atoms with Gasteiger partial charge in [-0.3, -0.25) is 9.69 Å². The monoisotopic (exact) mass is 211 g/mol. The highest BCUT2D eigenvalue weighted by molar-refractivity contribution is 5.78. The highest BCUT2D eigenvalue weighted by Gasteiger charge is 2.25. The summed E-state index contributed by atoms with van der Waals surface area (Å²) < 4.78 is 0. The molecule has 1 atom stereocenters. The molecule has 0 aromatic heterocycles. The van der Waals surface area contributed by atoms with Crippen LogP contribution < -0.4 is 5.32 Å².